The normalized spacial score (nSPS) is 15.9. The van der Waals surface area contributed by atoms with E-state index in [2.05, 4.69) is 27.4 Å². The summed E-state index contributed by atoms with van der Waals surface area (Å²) < 4.78 is 25.1. The lowest BCUT2D eigenvalue weighted by Gasteiger charge is -2.40. The maximum atomic E-state index is 14.3. The largest absolute Gasteiger partial charge is 0.445 e. The molecule has 2 heterocycles. The van der Waals surface area contributed by atoms with Gasteiger partial charge >= 0.3 is 12.2 Å². The number of piperidine rings is 1. The number of carbonyl (C=O) groups excluding carboxylic acids is 3. The van der Waals surface area contributed by atoms with Gasteiger partial charge in [0, 0.05) is 54.9 Å². The van der Waals surface area contributed by atoms with Crippen LogP contribution >= 0.6 is 23.4 Å². The zero-order chi connectivity index (χ0) is 42.6. The molecule has 2 aliphatic heterocycles. The summed E-state index contributed by atoms with van der Waals surface area (Å²) in [6.07, 6.45) is 1.10. The van der Waals surface area contributed by atoms with Gasteiger partial charge in [-0.05, 0) is 129 Å². The number of thioether (sulfide) groups is 1. The van der Waals surface area contributed by atoms with Crippen LogP contribution in [0.4, 0.5) is 19.7 Å². The van der Waals surface area contributed by atoms with Crippen LogP contribution < -0.4 is 10.6 Å². The van der Waals surface area contributed by atoms with Gasteiger partial charge in [0.15, 0.2) is 0 Å². The quantitative estimate of drug-likeness (QED) is 0.121. The highest BCUT2D eigenvalue weighted by Crippen LogP contribution is 2.31. The molecule has 4 aromatic carbocycles. The lowest BCUT2D eigenvalue weighted by atomic mass is 9.88. The van der Waals surface area contributed by atoms with Crippen molar-refractivity contribution >= 4 is 47.1 Å². The first kappa shape index (κ1) is 44.9. The number of nitrogens with one attached hydrogen (secondary N) is 2. The van der Waals surface area contributed by atoms with Crippen molar-refractivity contribution < 1.29 is 28.2 Å². The molecule has 2 fully saturated rings. The fourth-order valence-electron chi connectivity index (χ4n) is 7.81. The number of alkyl carbamates (subject to hydrolysis) is 1. The number of benzene rings is 4. The Morgan fingerprint density at radius 1 is 0.850 bits per heavy atom. The van der Waals surface area contributed by atoms with Crippen molar-refractivity contribution in [3.05, 3.63) is 119 Å². The first-order valence-electron chi connectivity index (χ1n) is 20.8. The second-order valence-electron chi connectivity index (χ2n) is 16.4. The molecule has 10 nitrogen and oxygen atoms in total. The van der Waals surface area contributed by atoms with Gasteiger partial charge in [-0.1, -0.05) is 73.1 Å². The Balaban J connectivity index is 1.08. The third kappa shape index (κ3) is 13.2. The summed E-state index contributed by atoms with van der Waals surface area (Å²) in [4.78, 5) is 47.6. The first-order chi connectivity index (χ1) is 28.8. The highest BCUT2D eigenvalue weighted by Gasteiger charge is 2.37. The predicted molar refractivity (Wildman–Crippen MR) is 238 cm³/mol. The molecule has 4 aromatic rings. The van der Waals surface area contributed by atoms with Gasteiger partial charge in [0.05, 0.1) is 0 Å². The molecule has 2 aliphatic rings. The van der Waals surface area contributed by atoms with E-state index in [1.807, 2.05) is 105 Å². The van der Waals surface area contributed by atoms with Crippen LogP contribution in [0.3, 0.4) is 0 Å². The van der Waals surface area contributed by atoms with Crippen molar-refractivity contribution in [2.45, 2.75) is 76.6 Å². The molecule has 13 heteroatoms. The van der Waals surface area contributed by atoms with Crippen molar-refractivity contribution in [1.29, 1.82) is 0 Å². The predicted octanol–water partition coefficient (Wildman–Crippen LogP) is 9.50. The zero-order valence-electron chi connectivity index (χ0n) is 35.1. The maximum Gasteiger partial charge on any atom is 0.412 e. The van der Waals surface area contributed by atoms with Crippen LogP contribution in [-0.4, -0.2) is 96.0 Å². The molecule has 3 amide bonds. The van der Waals surface area contributed by atoms with E-state index >= 15 is 0 Å². The summed E-state index contributed by atoms with van der Waals surface area (Å²) in [7, 11) is 0. The molecule has 2 N–H and O–H groups in total. The number of anilines is 1. The van der Waals surface area contributed by atoms with E-state index in [0.717, 1.165) is 77.4 Å². The van der Waals surface area contributed by atoms with Gasteiger partial charge in [-0.15, -0.1) is 11.8 Å². The van der Waals surface area contributed by atoms with E-state index in [1.54, 1.807) is 17.8 Å². The molecular formula is C47H57ClFN5O5S. The second kappa shape index (κ2) is 21.3. The van der Waals surface area contributed by atoms with E-state index in [0.29, 0.717) is 43.4 Å². The lowest BCUT2D eigenvalue weighted by Crippen LogP contribution is -2.58. The monoisotopic (exact) mass is 857 g/mol. The third-order valence-corrected chi connectivity index (χ3v) is 12.1. The number of hydrogen-bond acceptors (Lipinski definition) is 8. The summed E-state index contributed by atoms with van der Waals surface area (Å²) in [5.74, 6) is 0.475. The van der Waals surface area contributed by atoms with E-state index in [9.17, 15) is 18.8 Å². The first-order valence-corrected chi connectivity index (χ1v) is 22.2. The van der Waals surface area contributed by atoms with Crippen molar-refractivity contribution in [1.82, 2.24) is 20.0 Å². The van der Waals surface area contributed by atoms with Crippen molar-refractivity contribution in [2.75, 3.05) is 56.9 Å². The number of rotatable bonds is 14. The van der Waals surface area contributed by atoms with Crippen molar-refractivity contribution in [2.24, 2.45) is 5.92 Å². The maximum absolute atomic E-state index is 14.3. The van der Waals surface area contributed by atoms with Gasteiger partial charge in [-0.3, -0.25) is 15.0 Å². The Kier molecular flexibility index (Phi) is 15.9. The number of hydrogen-bond donors (Lipinski definition) is 2. The second-order valence-corrected chi connectivity index (χ2v) is 18.2. The van der Waals surface area contributed by atoms with E-state index in [-0.39, 0.29) is 24.2 Å². The van der Waals surface area contributed by atoms with Crippen LogP contribution in [0.25, 0.3) is 11.1 Å². The Morgan fingerprint density at radius 3 is 2.32 bits per heavy atom. The minimum atomic E-state index is -0.715. The number of piperazine rings is 1. The fourth-order valence-corrected chi connectivity index (χ4v) is 8.83. The van der Waals surface area contributed by atoms with Gasteiger partial charge in [-0.25, -0.2) is 14.0 Å². The average molecular weight is 859 g/mol. The standard InChI is InChI=1S/C47H57ClFN5O5S/c1-5-60-42-30-39(49)16-14-37(42)31-53-24-26-54(27-25-53)44(55)43(51-45(56)58-32-33-10-7-6-8-11-33)34-18-21-52(22-19-34)23-20-36-28-38(48)15-17-41(36)35-12-9-13-40(29-35)50-46(57)59-47(2,3)4/h6-17,28-30,34,43H,5,18-27,31-32H2,1-4H3,(H,50,57)(H,51,56)/t43-/m1/s1. The van der Waals surface area contributed by atoms with Gasteiger partial charge in [0.1, 0.15) is 24.1 Å². The van der Waals surface area contributed by atoms with Crippen LogP contribution in [0.15, 0.2) is 95.9 Å². The van der Waals surface area contributed by atoms with Crippen molar-refractivity contribution in [3.8, 4) is 11.1 Å². The Hall–Kier alpha value is -4.62. The molecule has 0 saturated carbocycles. The lowest BCUT2D eigenvalue weighted by molar-refractivity contribution is -0.137. The Labute approximate surface area is 363 Å². The number of ether oxygens (including phenoxy) is 2. The highest BCUT2D eigenvalue weighted by molar-refractivity contribution is 7.99. The van der Waals surface area contributed by atoms with E-state index in [4.69, 9.17) is 21.1 Å². The van der Waals surface area contributed by atoms with E-state index in [1.165, 1.54) is 6.07 Å². The topological polar surface area (TPSA) is 103 Å². The van der Waals surface area contributed by atoms with Crippen molar-refractivity contribution in [3.63, 3.8) is 0 Å². The third-order valence-electron chi connectivity index (χ3n) is 10.8. The van der Waals surface area contributed by atoms with Gasteiger partial charge in [0.25, 0.3) is 0 Å². The van der Waals surface area contributed by atoms with Gasteiger partial charge in [0.2, 0.25) is 5.91 Å². The van der Waals surface area contributed by atoms with Gasteiger partial charge in [-0.2, -0.15) is 0 Å². The van der Waals surface area contributed by atoms with Crippen LogP contribution in [0, 0.1) is 11.7 Å². The van der Waals surface area contributed by atoms with Crippen LogP contribution in [0.2, 0.25) is 5.02 Å². The van der Waals surface area contributed by atoms with Crippen LogP contribution in [0.1, 0.15) is 57.2 Å². The summed E-state index contributed by atoms with van der Waals surface area (Å²) in [5, 5.41) is 6.48. The zero-order valence-corrected chi connectivity index (χ0v) is 36.6. The smallest absolute Gasteiger partial charge is 0.412 e. The van der Waals surface area contributed by atoms with Gasteiger partial charge < -0.3 is 24.6 Å². The molecule has 0 bridgehead atoms. The molecule has 2 saturated heterocycles. The SMILES string of the molecule is CCSc1cc(F)ccc1CN1CCN(C(=O)[C@H](NC(=O)OCc2ccccc2)C2CCN(CCc3cc(Cl)ccc3-c3cccc(NC(=O)OC(C)(C)C)c3)CC2)CC1. The molecule has 60 heavy (non-hydrogen) atoms. The minimum absolute atomic E-state index is 0.0640. The molecule has 0 radical (unpaired) electrons. The van der Waals surface area contributed by atoms with Crippen LogP contribution in [0.5, 0.6) is 0 Å². The molecule has 0 unspecified atom stereocenters. The number of likely N-dealkylation sites (tertiary alicyclic amines) is 1. The Morgan fingerprint density at radius 2 is 1.60 bits per heavy atom. The molecule has 6 rings (SSSR count). The molecule has 0 aromatic heterocycles. The minimum Gasteiger partial charge on any atom is -0.445 e. The van der Waals surface area contributed by atoms with E-state index < -0.39 is 23.8 Å². The average Bonchev–Trinajstić information content (AvgIpc) is 3.22. The summed E-state index contributed by atoms with van der Waals surface area (Å²) in [6.45, 7) is 13.1. The molecule has 0 aliphatic carbocycles. The highest BCUT2D eigenvalue weighted by atomic mass is 35.5. The summed E-state index contributed by atoms with van der Waals surface area (Å²) in [6, 6.07) is 27.3. The Bertz CT molecular complexity index is 2070. The number of carbonyl (C=O) groups is 3. The molecule has 1 atom stereocenters. The molecule has 0 spiro atoms. The number of amides is 3. The molecule has 320 valence electrons. The summed E-state index contributed by atoms with van der Waals surface area (Å²) in [5.41, 5.74) is 5.06. The molecular weight excluding hydrogens is 801 g/mol. The van der Waals surface area contributed by atoms with Crippen LogP contribution in [-0.2, 0) is 33.8 Å². The summed E-state index contributed by atoms with van der Waals surface area (Å²) >= 11 is 8.15. The number of nitrogens with zero attached hydrogens (tertiary/aromatic N) is 3. The fraction of sp³-hybridized carbons (Fsp3) is 0.426. The number of halogens is 2.